The van der Waals surface area contributed by atoms with Crippen LogP contribution in [0.4, 0.5) is 0 Å². The number of rotatable bonds is 5. The number of hydrogen-bond acceptors (Lipinski definition) is 4. The van der Waals surface area contributed by atoms with E-state index in [-0.39, 0.29) is 18.6 Å². The van der Waals surface area contributed by atoms with Crippen molar-refractivity contribution in [1.82, 2.24) is 0 Å². The highest BCUT2D eigenvalue weighted by Crippen LogP contribution is 2.36. The average molecular weight is 329 g/mol. The zero-order chi connectivity index (χ0) is 13.8. The highest BCUT2D eigenvalue weighted by molar-refractivity contribution is 9.10. The topological polar surface area (TPSA) is 72.8 Å². The molecule has 1 aromatic carbocycles. The van der Waals surface area contributed by atoms with Gasteiger partial charge in [-0.25, -0.2) is 0 Å². The Bertz CT molecular complexity index is 512. The third kappa shape index (κ3) is 3.47. The van der Waals surface area contributed by atoms with Gasteiger partial charge >= 0.3 is 5.97 Å². The third-order valence-corrected chi connectivity index (χ3v) is 3.38. The summed E-state index contributed by atoms with van der Waals surface area (Å²) in [5.74, 6) is 0.162. The molecule has 0 saturated carbocycles. The zero-order valence-electron chi connectivity index (χ0n) is 10.1. The molecule has 0 unspecified atom stereocenters. The van der Waals surface area contributed by atoms with Gasteiger partial charge in [-0.15, -0.1) is 0 Å². The van der Waals surface area contributed by atoms with E-state index in [0.717, 1.165) is 0 Å². The monoisotopic (exact) mass is 328 g/mol. The summed E-state index contributed by atoms with van der Waals surface area (Å²) in [5, 5.41) is 8.55. The van der Waals surface area contributed by atoms with Gasteiger partial charge in [-0.05, 0) is 34.5 Å². The molecule has 6 heteroatoms. The first-order valence-electron chi connectivity index (χ1n) is 5.92. The molecule has 0 bridgehead atoms. The summed E-state index contributed by atoms with van der Waals surface area (Å²) in [6, 6.07) is 3.35. The Labute approximate surface area is 118 Å². The van der Waals surface area contributed by atoms with Gasteiger partial charge in [0.1, 0.15) is 13.2 Å². The van der Waals surface area contributed by atoms with Crippen molar-refractivity contribution in [3.05, 3.63) is 22.2 Å². The molecule has 0 atom stereocenters. The highest BCUT2D eigenvalue weighted by Gasteiger charge is 2.18. The third-order valence-electron chi connectivity index (χ3n) is 2.73. The number of ether oxygens (including phenoxy) is 2. The number of fused-ring (bicyclic) bond motifs is 1. The SMILES string of the molecule is O=C(O)CCCC(=O)c1cc2c(cc1Br)OCCO2. The Balaban J connectivity index is 2.11. The van der Waals surface area contributed by atoms with Gasteiger partial charge in [0.2, 0.25) is 0 Å². The van der Waals surface area contributed by atoms with Gasteiger partial charge in [-0.2, -0.15) is 0 Å². The maximum Gasteiger partial charge on any atom is 0.303 e. The molecule has 0 radical (unpaired) electrons. The number of hydrogen-bond donors (Lipinski definition) is 1. The number of halogens is 1. The minimum Gasteiger partial charge on any atom is -0.486 e. The first-order valence-corrected chi connectivity index (χ1v) is 6.71. The molecular weight excluding hydrogens is 316 g/mol. The van der Waals surface area contributed by atoms with Crippen LogP contribution in [0.3, 0.4) is 0 Å². The van der Waals surface area contributed by atoms with Crippen LogP contribution >= 0.6 is 15.9 Å². The first kappa shape index (κ1) is 13.9. The maximum atomic E-state index is 12.0. The first-order chi connectivity index (χ1) is 9.08. The van der Waals surface area contributed by atoms with Crippen molar-refractivity contribution in [2.24, 2.45) is 0 Å². The largest absolute Gasteiger partial charge is 0.486 e. The van der Waals surface area contributed by atoms with Gasteiger partial charge in [-0.3, -0.25) is 9.59 Å². The molecular formula is C13H13BrO5. The molecule has 19 heavy (non-hydrogen) atoms. The number of benzene rings is 1. The number of aliphatic carboxylic acids is 1. The predicted molar refractivity (Wildman–Crippen MR) is 70.9 cm³/mol. The second-order valence-corrected chi connectivity index (χ2v) is 5.00. The van der Waals surface area contributed by atoms with Crippen molar-refractivity contribution in [3.63, 3.8) is 0 Å². The van der Waals surface area contributed by atoms with Gasteiger partial charge in [0.15, 0.2) is 17.3 Å². The normalized spacial score (nSPS) is 13.1. The molecule has 102 valence electrons. The minimum atomic E-state index is -0.894. The molecule has 2 rings (SSSR count). The van der Waals surface area contributed by atoms with E-state index in [0.29, 0.717) is 41.2 Å². The molecule has 0 saturated heterocycles. The van der Waals surface area contributed by atoms with Gasteiger partial charge < -0.3 is 14.6 Å². The summed E-state index contributed by atoms with van der Waals surface area (Å²) in [5.41, 5.74) is 0.495. The van der Waals surface area contributed by atoms with Gasteiger partial charge in [0, 0.05) is 22.9 Å². The molecule has 1 aliphatic rings. The number of carboxylic acids is 1. The number of carbonyl (C=O) groups excluding carboxylic acids is 1. The quantitative estimate of drug-likeness (QED) is 0.841. The van der Waals surface area contributed by atoms with Gasteiger partial charge in [0.25, 0.3) is 0 Å². The van der Waals surface area contributed by atoms with Crippen LogP contribution in [0.1, 0.15) is 29.6 Å². The highest BCUT2D eigenvalue weighted by atomic mass is 79.9. The Morgan fingerprint density at radius 3 is 2.42 bits per heavy atom. The van der Waals surface area contributed by atoms with Crippen LogP contribution in [0.15, 0.2) is 16.6 Å². The second-order valence-electron chi connectivity index (χ2n) is 4.15. The minimum absolute atomic E-state index is 0.00604. The van der Waals surface area contributed by atoms with Gasteiger partial charge in [-0.1, -0.05) is 0 Å². The van der Waals surface area contributed by atoms with E-state index < -0.39 is 5.97 Å². The summed E-state index contributed by atoms with van der Waals surface area (Å²) < 4.78 is 11.5. The molecule has 0 amide bonds. The number of carboxylic acid groups (broad SMARTS) is 1. The van der Waals surface area contributed by atoms with Crippen LogP contribution in [-0.4, -0.2) is 30.1 Å². The van der Waals surface area contributed by atoms with E-state index >= 15 is 0 Å². The maximum absolute atomic E-state index is 12.0. The van der Waals surface area contributed by atoms with Crippen LogP contribution in [0.2, 0.25) is 0 Å². The number of ketones is 1. The number of Topliss-reactive ketones (excluding diaryl/α,β-unsaturated/α-hetero) is 1. The standard InChI is InChI=1S/C13H13BrO5/c14-9-7-12-11(18-4-5-19-12)6-8(9)10(15)2-1-3-13(16)17/h6-7H,1-5H2,(H,16,17). The van der Waals surface area contributed by atoms with Crippen molar-refractivity contribution < 1.29 is 24.2 Å². The Morgan fingerprint density at radius 1 is 1.16 bits per heavy atom. The number of carbonyl (C=O) groups is 2. The lowest BCUT2D eigenvalue weighted by molar-refractivity contribution is -0.137. The molecule has 0 aromatic heterocycles. The second kappa shape index (κ2) is 6.06. The molecule has 1 aliphatic heterocycles. The van der Waals surface area contributed by atoms with Crippen molar-refractivity contribution in [3.8, 4) is 11.5 Å². The molecule has 0 aliphatic carbocycles. The van der Waals surface area contributed by atoms with E-state index in [4.69, 9.17) is 14.6 Å². The molecule has 0 fully saturated rings. The van der Waals surface area contributed by atoms with Crippen LogP contribution in [0.25, 0.3) is 0 Å². The van der Waals surface area contributed by atoms with E-state index in [1.54, 1.807) is 12.1 Å². The zero-order valence-corrected chi connectivity index (χ0v) is 11.7. The average Bonchev–Trinajstić information content (AvgIpc) is 2.37. The van der Waals surface area contributed by atoms with Crippen LogP contribution in [0.5, 0.6) is 11.5 Å². The lowest BCUT2D eigenvalue weighted by Gasteiger charge is -2.19. The summed E-state index contributed by atoms with van der Waals surface area (Å²) >= 11 is 3.32. The lowest BCUT2D eigenvalue weighted by atomic mass is 10.0. The van der Waals surface area contributed by atoms with Crippen molar-refractivity contribution in [2.45, 2.75) is 19.3 Å². The molecule has 1 aromatic rings. The molecule has 1 N–H and O–H groups in total. The van der Waals surface area contributed by atoms with Crippen LogP contribution in [0, 0.1) is 0 Å². The summed E-state index contributed by atoms with van der Waals surface area (Å²) in [4.78, 5) is 22.4. The van der Waals surface area contributed by atoms with E-state index in [2.05, 4.69) is 15.9 Å². The van der Waals surface area contributed by atoms with Crippen LogP contribution < -0.4 is 9.47 Å². The Hall–Kier alpha value is -1.56. The fraction of sp³-hybridized carbons (Fsp3) is 0.385. The van der Waals surface area contributed by atoms with Crippen LogP contribution in [-0.2, 0) is 4.79 Å². The Kier molecular flexibility index (Phi) is 4.42. The van der Waals surface area contributed by atoms with Crippen molar-refractivity contribution in [1.29, 1.82) is 0 Å². The molecule has 1 heterocycles. The summed E-state index contributed by atoms with van der Waals surface area (Å²) in [7, 11) is 0. The fourth-order valence-electron chi connectivity index (χ4n) is 1.81. The van der Waals surface area contributed by atoms with Gasteiger partial charge in [0.05, 0.1) is 0 Å². The van der Waals surface area contributed by atoms with E-state index in [1.807, 2.05) is 0 Å². The lowest BCUT2D eigenvalue weighted by Crippen LogP contribution is -2.16. The summed E-state index contributed by atoms with van der Waals surface area (Å²) in [6.45, 7) is 0.951. The summed E-state index contributed by atoms with van der Waals surface area (Å²) in [6.07, 6.45) is 0.521. The molecule has 5 nitrogen and oxygen atoms in total. The molecule has 0 spiro atoms. The van der Waals surface area contributed by atoms with E-state index in [1.165, 1.54) is 0 Å². The van der Waals surface area contributed by atoms with Crippen molar-refractivity contribution >= 4 is 27.7 Å². The smallest absolute Gasteiger partial charge is 0.303 e. The van der Waals surface area contributed by atoms with Crippen molar-refractivity contribution in [2.75, 3.05) is 13.2 Å². The Morgan fingerprint density at radius 2 is 1.79 bits per heavy atom. The van der Waals surface area contributed by atoms with E-state index in [9.17, 15) is 9.59 Å². The predicted octanol–water partition coefficient (Wildman–Crippen LogP) is 2.66. The fourth-order valence-corrected chi connectivity index (χ4v) is 2.36.